The zero-order valence-electron chi connectivity index (χ0n) is 5.81. The van der Waals surface area contributed by atoms with Crippen LogP contribution < -0.4 is 0 Å². The Balaban J connectivity index is 3.71. The molecular weight excluding hydrogens is 116 g/mol. The highest BCUT2D eigenvalue weighted by atomic mass is 16.6. The van der Waals surface area contributed by atoms with Gasteiger partial charge in [0.25, 0.3) is 0 Å². The molecule has 0 spiro atoms. The van der Waals surface area contributed by atoms with Gasteiger partial charge < -0.3 is 9.16 Å². The van der Waals surface area contributed by atoms with Crippen LogP contribution >= 0.6 is 0 Å². The first-order valence-corrected chi connectivity index (χ1v) is 2.94. The van der Waals surface area contributed by atoms with Crippen molar-refractivity contribution in [2.75, 3.05) is 13.2 Å². The van der Waals surface area contributed by atoms with Gasteiger partial charge in [-0.25, -0.2) is 0 Å². The Morgan fingerprint density at radius 2 is 2.33 bits per heavy atom. The quantitative estimate of drug-likeness (QED) is 0.232. The van der Waals surface area contributed by atoms with Crippen LogP contribution in [0.5, 0.6) is 0 Å². The van der Waals surface area contributed by atoms with Crippen molar-refractivity contribution in [2.24, 2.45) is 0 Å². The number of ether oxygens (including phenoxy) is 1. The molecule has 0 N–H and O–H groups in total. The molecule has 0 aliphatic rings. The van der Waals surface area contributed by atoms with E-state index in [1.807, 2.05) is 13.8 Å². The van der Waals surface area contributed by atoms with Crippen molar-refractivity contribution in [2.45, 2.75) is 13.8 Å². The molecule has 0 amide bonds. The lowest BCUT2D eigenvalue weighted by Crippen LogP contribution is -2.04. The Bertz CT molecular complexity index is 130. The van der Waals surface area contributed by atoms with Gasteiger partial charge in [-0.2, -0.15) is 0 Å². The maximum Gasteiger partial charge on any atom is 0.569 e. The van der Waals surface area contributed by atoms with E-state index in [1.165, 1.54) is 0 Å². The molecule has 0 fully saturated rings. The average molecular weight is 127 g/mol. The smallest absolute Gasteiger partial charge is 0.312 e. The fraction of sp³-hybridized carbons (Fsp3) is 0.571. The van der Waals surface area contributed by atoms with E-state index >= 15 is 0 Å². The number of carbonyl (C=O) groups excluding carboxylic acids is 1. The van der Waals surface area contributed by atoms with Crippen molar-refractivity contribution in [1.29, 1.82) is 0 Å². The van der Waals surface area contributed by atoms with Crippen LogP contribution in [0.3, 0.4) is 0 Å². The first-order valence-electron chi connectivity index (χ1n) is 2.94. The molecule has 0 radical (unpaired) electrons. The first-order chi connectivity index (χ1) is 4.35. The van der Waals surface area contributed by atoms with E-state index in [4.69, 9.17) is 15.6 Å². The third kappa shape index (κ3) is 3.60. The Labute approximate surface area is 55.5 Å². The van der Waals surface area contributed by atoms with Crippen LogP contribution in [0.25, 0.3) is 0 Å². The summed E-state index contributed by atoms with van der Waals surface area (Å²) in [6, 6.07) is 0. The van der Waals surface area contributed by atoms with Crippen molar-refractivity contribution >= 4 is 5.97 Å². The van der Waals surface area contributed by atoms with E-state index in [0.29, 0.717) is 13.2 Å². The van der Waals surface area contributed by atoms with Gasteiger partial charge in [-0.1, -0.05) is 0 Å². The lowest BCUT2D eigenvalue weighted by atomic mass is 10.7. The molecule has 0 unspecified atom stereocenters. The molecule has 0 aromatic heterocycles. The number of esters is 1. The predicted molar refractivity (Wildman–Crippen MR) is 36.0 cm³/mol. The van der Waals surface area contributed by atoms with E-state index in [0.717, 1.165) is 0 Å². The summed E-state index contributed by atoms with van der Waals surface area (Å²) in [4.78, 5) is 0. The van der Waals surface area contributed by atoms with Crippen LogP contribution in [0.15, 0.2) is 0 Å². The van der Waals surface area contributed by atoms with E-state index in [2.05, 4.69) is 5.92 Å². The minimum absolute atomic E-state index is 0.278. The minimum Gasteiger partial charge on any atom is -0.312 e. The van der Waals surface area contributed by atoms with E-state index in [1.54, 1.807) is 0 Å². The van der Waals surface area contributed by atoms with E-state index in [-0.39, 0.29) is 5.97 Å². The largest absolute Gasteiger partial charge is 0.569 e. The Kier molecular flexibility index (Phi) is 4.61. The zero-order valence-corrected chi connectivity index (χ0v) is 5.81. The molecule has 9 heavy (non-hydrogen) atoms. The lowest BCUT2D eigenvalue weighted by Gasteiger charge is -1.82. The molecule has 0 aromatic carbocycles. The second-order valence-corrected chi connectivity index (χ2v) is 1.30. The molecule has 0 saturated heterocycles. The third-order valence-corrected chi connectivity index (χ3v) is 0.669. The van der Waals surface area contributed by atoms with Crippen molar-refractivity contribution in [3.8, 4) is 12.3 Å². The fourth-order valence-corrected chi connectivity index (χ4v) is 0.387. The predicted octanol–water partition coefficient (Wildman–Crippen LogP) is 0.738. The lowest BCUT2D eigenvalue weighted by molar-refractivity contribution is -0.461. The van der Waals surface area contributed by atoms with Crippen molar-refractivity contribution < 1.29 is 9.16 Å². The Morgan fingerprint density at radius 1 is 1.67 bits per heavy atom. The second-order valence-electron chi connectivity index (χ2n) is 1.30. The molecule has 0 atom stereocenters. The molecule has 0 aliphatic heterocycles. The zero-order chi connectivity index (χ0) is 7.11. The summed E-state index contributed by atoms with van der Waals surface area (Å²) < 4.78 is 9.78. The van der Waals surface area contributed by atoms with Gasteiger partial charge in [-0.05, 0) is 13.8 Å². The van der Waals surface area contributed by atoms with Crippen LogP contribution in [-0.2, 0) is 9.16 Å². The van der Waals surface area contributed by atoms with Crippen molar-refractivity contribution in [3.05, 3.63) is 0 Å². The van der Waals surface area contributed by atoms with Gasteiger partial charge in [0.1, 0.15) is 0 Å². The molecule has 2 nitrogen and oxygen atoms in total. The normalized spacial score (nSPS) is 10.6. The highest BCUT2D eigenvalue weighted by Crippen LogP contribution is 1.75. The molecule has 2 heteroatoms. The summed E-state index contributed by atoms with van der Waals surface area (Å²) in [7, 11) is 0. The summed E-state index contributed by atoms with van der Waals surface area (Å²) in [5, 5.41) is 0. The maximum absolute atomic E-state index is 5.01. The summed E-state index contributed by atoms with van der Waals surface area (Å²) >= 11 is 0. The average Bonchev–Trinajstić information content (AvgIpc) is 1.88. The van der Waals surface area contributed by atoms with Gasteiger partial charge in [0.05, 0.1) is 5.92 Å². The molecular formula is C7H11O2+. The van der Waals surface area contributed by atoms with Gasteiger partial charge in [0, 0.05) is 0 Å². The Hall–Kier alpha value is -0.970. The monoisotopic (exact) mass is 127 g/mol. The topological polar surface area (TPSA) is 20.5 Å². The highest BCUT2D eigenvalue weighted by Gasteiger charge is 2.05. The van der Waals surface area contributed by atoms with Crippen molar-refractivity contribution in [1.82, 2.24) is 0 Å². The van der Waals surface area contributed by atoms with Crippen LogP contribution in [0.2, 0.25) is 0 Å². The number of rotatable bonds is 2. The molecule has 50 valence electrons. The van der Waals surface area contributed by atoms with E-state index in [9.17, 15) is 0 Å². The van der Waals surface area contributed by atoms with Gasteiger partial charge in [-0.15, -0.1) is 6.42 Å². The van der Waals surface area contributed by atoms with Crippen LogP contribution in [0.1, 0.15) is 13.8 Å². The molecule has 0 aromatic rings. The summed E-state index contributed by atoms with van der Waals surface area (Å²) in [5.41, 5.74) is 0. The summed E-state index contributed by atoms with van der Waals surface area (Å²) in [6.45, 7) is 4.83. The minimum atomic E-state index is 0.278. The molecule has 0 aliphatic carbocycles. The van der Waals surface area contributed by atoms with E-state index < -0.39 is 0 Å². The molecule has 0 heterocycles. The van der Waals surface area contributed by atoms with Crippen LogP contribution in [-0.4, -0.2) is 19.2 Å². The number of hydrogen-bond acceptors (Lipinski definition) is 1. The van der Waals surface area contributed by atoms with Crippen LogP contribution in [0, 0.1) is 12.3 Å². The molecule has 0 rings (SSSR count). The fourth-order valence-electron chi connectivity index (χ4n) is 0.387. The van der Waals surface area contributed by atoms with Gasteiger partial charge in [0.2, 0.25) is 0 Å². The third-order valence-electron chi connectivity index (χ3n) is 0.669. The number of terminal acetylenes is 1. The maximum atomic E-state index is 5.01. The summed E-state index contributed by atoms with van der Waals surface area (Å²) in [6.07, 6.45) is 5.01. The molecule has 0 saturated carbocycles. The first kappa shape index (κ1) is 8.03. The molecule has 0 bridgehead atoms. The standard InChI is InChI=1S/C7H11O2/c1-4-7(8-5-2)9-6-3/h1H,5-6H2,2-3H3/q+1. The van der Waals surface area contributed by atoms with Gasteiger partial charge >= 0.3 is 5.97 Å². The second kappa shape index (κ2) is 5.17. The SMILES string of the molecule is C#CC(OCC)=[O+]CC. The van der Waals surface area contributed by atoms with Crippen LogP contribution in [0.4, 0.5) is 0 Å². The van der Waals surface area contributed by atoms with Crippen molar-refractivity contribution in [3.63, 3.8) is 0 Å². The Morgan fingerprint density at radius 3 is 2.67 bits per heavy atom. The van der Waals surface area contributed by atoms with Gasteiger partial charge in [0.15, 0.2) is 13.2 Å². The highest BCUT2D eigenvalue weighted by molar-refractivity contribution is 5.87. The van der Waals surface area contributed by atoms with Gasteiger partial charge in [-0.3, -0.25) is 0 Å². The number of hydrogen-bond donors (Lipinski definition) is 0. The summed E-state index contributed by atoms with van der Waals surface area (Å²) in [5.74, 6) is 2.55.